The van der Waals surface area contributed by atoms with Crippen molar-refractivity contribution in [3.8, 4) is 5.75 Å². The predicted molar refractivity (Wildman–Crippen MR) is 98.9 cm³/mol. The first-order chi connectivity index (χ1) is 11.2. The molecule has 1 aromatic rings. The maximum absolute atomic E-state index is 12.9. The van der Waals surface area contributed by atoms with Gasteiger partial charge in [-0.25, -0.2) is 0 Å². The Morgan fingerprint density at radius 3 is 2.67 bits per heavy atom. The summed E-state index contributed by atoms with van der Waals surface area (Å²) in [7, 11) is 0. The van der Waals surface area contributed by atoms with Crippen LogP contribution in [-0.4, -0.2) is 31.6 Å². The molecule has 0 aliphatic carbocycles. The number of para-hydroxylation sites is 1. The van der Waals surface area contributed by atoms with E-state index in [9.17, 15) is 4.79 Å². The van der Waals surface area contributed by atoms with Crippen LogP contribution in [-0.2, 0) is 11.2 Å². The lowest BCUT2D eigenvalue weighted by Crippen LogP contribution is -2.50. The quantitative estimate of drug-likeness (QED) is 0.754. The highest BCUT2D eigenvalue weighted by atomic mass is 35.5. The van der Waals surface area contributed by atoms with Crippen LogP contribution in [0.1, 0.15) is 44.6 Å². The SMILES string of the molecule is C[C@H]1COc2ccccc2CCCCC2(CCNCC2)C(=O)N1.Cl. The Hall–Kier alpha value is -1.26. The van der Waals surface area contributed by atoms with Gasteiger partial charge < -0.3 is 15.4 Å². The minimum Gasteiger partial charge on any atom is -0.491 e. The first-order valence-corrected chi connectivity index (χ1v) is 8.92. The van der Waals surface area contributed by atoms with Crippen LogP contribution in [0.25, 0.3) is 0 Å². The van der Waals surface area contributed by atoms with Gasteiger partial charge in [0.2, 0.25) is 5.91 Å². The maximum Gasteiger partial charge on any atom is 0.226 e. The number of aryl methyl sites for hydroxylation is 1. The number of amides is 1. The second kappa shape index (κ2) is 8.72. The van der Waals surface area contributed by atoms with Crippen LogP contribution in [0.15, 0.2) is 24.3 Å². The first-order valence-electron chi connectivity index (χ1n) is 8.92. The largest absolute Gasteiger partial charge is 0.491 e. The van der Waals surface area contributed by atoms with Crippen LogP contribution in [0, 0.1) is 5.41 Å². The van der Waals surface area contributed by atoms with Gasteiger partial charge in [0.05, 0.1) is 11.5 Å². The summed E-state index contributed by atoms with van der Waals surface area (Å²) in [5.41, 5.74) is 1.10. The number of ether oxygens (including phenoxy) is 1. The number of carbonyl (C=O) groups excluding carboxylic acids is 1. The highest BCUT2D eigenvalue weighted by Gasteiger charge is 2.39. The van der Waals surface area contributed by atoms with Gasteiger partial charge in [0.15, 0.2) is 0 Å². The normalized spacial score (nSPS) is 24.4. The minimum absolute atomic E-state index is 0. The summed E-state index contributed by atoms with van der Waals surface area (Å²) in [5.74, 6) is 1.19. The topological polar surface area (TPSA) is 50.4 Å². The van der Waals surface area contributed by atoms with Crippen molar-refractivity contribution < 1.29 is 9.53 Å². The van der Waals surface area contributed by atoms with Gasteiger partial charge in [-0.15, -0.1) is 12.4 Å². The molecule has 0 radical (unpaired) electrons. The molecule has 2 heterocycles. The van der Waals surface area contributed by atoms with Gasteiger partial charge in [-0.2, -0.15) is 0 Å². The van der Waals surface area contributed by atoms with Crippen molar-refractivity contribution in [3.63, 3.8) is 0 Å². The standard InChI is InChI=1S/C19H28N2O2.ClH/c1-15-14-23-17-8-3-2-6-16(17)7-4-5-9-19(18(22)21-15)10-12-20-13-11-19;/h2-3,6,8,15,20H,4-5,7,9-14H2,1H3,(H,21,22);1H/t15-;/m0./s1. The molecule has 0 bridgehead atoms. The molecule has 0 saturated carbocycles. The van der Waals surface area contributed by atoms with E-state index in [4.69, 9.17) is 4.74 Å². The van der Waals surface area contributed by atoms with Gasteiger partial charge >= 0.3 is 0 Å². The lowest BCUT2D eigenvalue weighted by Gasteiger charge is -2.37. The second-order valence-electron chi connectivity index (χ2n) is 7.03. The van der Waals surface area contributed by atoms with E-state index in [1.807, 2.05) is 19.1 Å². The van der Waals surface area contributed by atoms with E-state index in [2.05, 4.69) is 22.8 Å². The number of piperidine rings is 1. The molecule has 3 rings (SSSR count). The van der Waals surface area contributed by atoms with Gasteiger partial charge in [0, 0.05) is 0 Å². The Morgan fingerprint density at radius 1 is 1.12 bits per heavy atom. The highest BCUT2D eigenvalue weighted by Crippen LogP contribution is 2.35. The number of benzene rings is 1. The third-order valence-electron chi connectivity index (χ3n) is 5.23. The fourth-order valence-corrected chi connectivity index (χ4v) is 3.76. The molecule has 1 atom stereocenters. The Balaban J connectivity index is 0.00000208. The number of hydrogen-bond donors (Lipinski definition) is 2. The molecule has 1 aromatic carbocycles. The van der Waals surface area contributed by atoms with E-state index in [-0.39, 0.29) is 29.8 Å². The van der Waals surface area contributed by atoms with Crippen LogP contribution < -0.4 is 15.4 Å². The molecule has 134 valence electrons. The molecule has 0 unspecified atom stereocenters. The van der Waals surface area contributed by atoms with Crippen LogP contribution in [0.4, 0.5) is 0 Å². The Labute approximate surface area is 151 Å². The van der Waals surface area contributed by atoms with Crippen molar-refractivity contribution in [1.82, 2.24) is 10.6 Å². The van der Waals surface area contributed by atoms with E-state index in [1.165, 1.54) is 5.56 Å². The van der Waals surface area contributed by atoms with Crippen molar-refractivity contribution in [2.45, 2.75) is 51.5 Å². The molecule has 1 fully saturated rings. The van der Waals surface area contributed by atoms with Crippen LogP contribution >= 0.6 is 12.4 Å². The van der Waals surface area contributed by atoms with E-state index in [0.717, 1.165) is 57.4 Å². The molecular formula is C19H29ClN2O2. The Morgan fingerprint density at radius 2 is 1.88 bits per heavy atom. The maximum atomic E-state index is 12.9. The van der Waals surface area contributed by atoms with Crippen LogP contribution in [0.3, 0.4) is 0 Å². The van der Waals surface area contributed by atoms with Gasteiger partial charge in [0.25, 0.3) is 0 Å². The predicted octanol–water partition coefficient (Wildman–Crippen LogP) is 3.09. The van der Waals surface area contributed by atoms with Crippen LogP contribution in [0.2, 0.25) is 0 Å². The number of rotatable bonds is 0. The summed E-state index contributed by atoms with van der Waals surface area (Å²) in [6.07, 6.45) is 6.12. The molecule has 2 N–H and O–H groups in total. The summed E-state index contributed by atoms with van der Waals surface area (Å²) < 4.78 is 5.97. The second-order valence-corrected chi connectivity index (χ2v) is 7.03. The molecule has 1 amide bonds. The molecule has 2 aliphatic heterocycles. The highest BCUT2D eigenvalue weighted by molar-refractivity contribution is 5.85. The Kier molecular flexibility index (Phi) is 6.93. The smallest absolute Gasteiger partial charge is 0.226 e. The molecule has 0 aromatic heterocycles. The molecule has 5 heteroatoms. The third-order valence-corrected chi connectivity index (χ3v) is 5.23. The van der Waals surface area contributed by atoms with E-state index in [1.54, 1.807) is 0 Å². The minimum atomic E-state index is -0.182. The number of fused-ring (bicyclic) bond motifs is 1. The molecule has 1 saturated heterocycles. The van der Waals surface area contributed by atoms with Gasteiger partial charge in [-0.1, -0.05) is 24.6 Å². The fraction of sp³-hybridized carbons (Fsp3) is 0.632. The molecule has 24 heavy (non-hydrogen) atoms. The molecular weight excluding hydrogens is 324 g/mol. The van der Waals surface area contributed by atoms with Crippen molar-refractivity contribution >= 4 is 18.3 Å². The van der Waals surface area contributed by atoms with Gasteiger partial charge in [-0.05, 0) is 63.7 Å². The number of halogens is 1. The summed E-state index contributed by atoms with van der Waals surface area (Å²) in [4.78, 5) is 12.9. The van der Waals surface area contributed by atoms with Crippen molar-refractivity contribution in [2.24, 2.45) is 5.41 Å². The zero-order valence-electron chi connectivity index (χ0n) is 14.5. The van der Waals surface area contributed by atoms with Crippen LogP contribution in [0.5, 0.6) is 5.75 Å². The number of hydrogen-bond acceptors (Lipinski definition) is 3. The fourth-order valence-electron chi connectivity index (χ4n) is 3.76. The van der Waals surface area contributed by atoms with E-state index >= 15 is 0 Å². The zero-order chi connectivity index (χ0) is 16.1. The third kappa shape index (κ3) is 4.42. The lowest BCUT2D eigenvalue weighted by molar-refractivity contribution is -0.134. The van der Waals surface area contributed by atoms with Crippen molar-refractivity contribution in [3.05, 3.63) is 29.8 Å². The zero-order valence-corrected chi connectivity index (χ0v) is 15.3. The van der Waals surface area contributed by atoms with Crippen molar-refractivity contribution in [2.75, 3.05) is 19.7 Å². The Bertz CT molecular complexity index is 544. The van der Waals surface area contributed by atoms with Gasteiger partial charge in [-0.3, -0.25) is 4.79 Å². The number of nitrogens with one attached hydrogen (secondary N) is 2. The first kappa shape index (κ1) is 19.1. The van der Waals surface area contributed by atoms with Crippen molar-refractivity contribution in [1.29, 1.82) is 0 Å². The molecule has 4 nitrogen and oxygen atoms in total. The summed E-state index contributed by atoms with van der Waals surface area (Å²) in [5, 5.41) is 6.58. The lowest BCUT2D eigenvalue weighted by atomic mass is 9.73. The summed E-state index contributed by atoms with van der Waals surface area (Å²) >= 11 is 0. The summed E-state index contributed by atoms with van der Waals surface area (Å²) in [6.45, 7) is 4.44. The average Bonchev–Trinajstić information content (AvgIpc) is 2.57. The van der Waals surface area contributed by atoms with E-state index in [0.29, 0.717) is 6.61 Å². The average molecular weight is 353 g/mol. The molecule has 1 spiro atoms. The molecule has 2 aliphatic rings. The number of carbonyl (C=O) groups is 1. The summed E-state index contributed by atoms with van der Waals surface area (Å²) in [6, 6.07) is 8.31. The van der Waals surface area contributed by atoms with E-state index < -0.39 is 0 Å². The monoisotopic (exact) mass is 352 g/mol. The van der Waals surface area contributed by atoms with Gasteiger partial charge in [0.1, 0.15) is 12.4 Å².